The molecule has 9 atom stereocenters. The molecule has 0 aromatic heterocycles. The summed E-state index contributed by atoms with van der Waals surface area (Å²) in [4.78, 5) is 172. The lowest BCUT2D eigenvalue weighted by molar-refractivity contribution is -0.148. The van der Waals surface area contributed by atoms with E-state index >= 15 is 0 Å². The van der Waals surface area contributed by atoms with Crippen LogP contribution in [0.15, 0.2) is 48.5 Å². The first-order valence-electron chi connectivity index (χ1n) is 30.7. The van der Waals surface area contributed by atoms with Crippen molar-refractivity contribution in [2.75, 3.05) is 50.8 Å². The molecule has 9 amide bonds. The van der Waals surface area contributed by atoms with E-state index in [0.717, 1.165) is 29.5 Å². The molecule has 4 heterocycles. The molecule has 3 fully saturated rings. The van der Waals surface area contributed by atoms with Crippen LogP contribution >= 0.6 is 23.5 Å². The summed E-state index contributed by atoms with van der Waals surface area (Å²) in [6.07, 6.45) is 0.527. The van der Waals surface area contributed by atoms with Gasteiger partial charge in [0, 0.05) is 101 Å². The van der Waals surface area contributed by atoms with Gasteiger partial charge in [0.05, 0.1) is 30.4 Å². The average Bonchev–Trinajstić information content (AvgIpc) is 4.31. The van der Waals surface area contributed by atoms with Crippen LogP contribution in [0.4, 0.5) is 0 Å². The molecule has 26 heteroatoms. The third-order valence-electron chi connectivity index (χ3n) is 16.5. The van der Waals surface area contributed by atoms with Gasteiger partial charge in [0.25, 0.3) is 0 Å². The number of amides is 9. The van der Waals surface area contributed by atoms with E-state index in [1.165, 1.54) is 40.2 Å². The zero-order valence-electron chi connectivity index (χ0n) is 50.8. The normalized spacial score (nSPS) is 24.1. The number of carbonyl (C=O) groups is 12. The maximum atomic E-state index is 14.9. The number of ketones is 2. The molecule has 2 bridgehead atoms. The second kappa shape index (κ2) is 34.7. The number of nitrogens with two attached hydrogens (primary N) is 2. The number of Topliss-reactive ketones (excluding diaryl/α,β-unsaturated/α-hetero) is 2. The Kier molecular flexibility index (Phi) is 27.7. The van der Waals surface area contributed by atoms with Crippen molar-refractivity contribution in [3.63, 3.8) is 0 Å². The molecule has 24 nitrogen and oxygen atoms in total. The number of thioether (sulfide) groups is 2. The van der Waals surface area contributed by atoms with Crippen molar-refractivity contribution in [3.05, 3.63) is 70.8 Å². The molecule has 6 rings (SSSR count). The highest BCUT2D eigenvalue weighted by Crippen LogP contribution is 2.31. The summed E-state index contributed by atoms with van der Waals surface area (Å²) in [5.74, 6) is -9.70. The highest BCUT2D eigenvalue weighted by atomic mass is 32.2. The van der Waals surface area contributed by atoms with Gasteiger partial charge in [-0.15, -0.1) is 0 Å². The number of benzene rings is 2. The number of piperazine rings is 1. The molecule has 2 aromatic rings. The first kappa shape index (κ1) is 70.2. The maximum absolute atomic E-state index is 14.9. The van der Waals surface area contributed by atoms with Gasteiger partial charge in [0.2, 0.25) is 53.2 Å². The summed E-state index contributed by atoms with van der Waals surface area (Å²) in [7, 11) is 0. The van der Waals surface area contributed by atoms with Crippen molar-refractivity contribution in [3.8, 4) is 0 Å². The fourth-order valence-electron chi connectivity index (χ4n) is 11.7. The van der Waals surface area contributed by atoms with E-state index in [1.54, 1.807) is 30.3 Å². The van der Waals surface area contributed by atoms with Gasteiger partial charge in [-0.25, -0.2) is 0 Å². The summed E-state index contributed by atoms with van der Waals surface area (Å²) in [6.45, 7) is 8.43. The molecule has 4 aliphatic rings. The third kappa shape index (κ3) is 21.1. The van der Waals surface area contributed by atoms with Crippen molar-refractivity contribution in [1.29, 1.82) is 0 Å². The standard InChI is InChI=1S/C62H88N10O14S2/c1-4-6-8-15-45(74)30-44-37-88-35-42-27-40(33-69-22-24-70(25-23-69)53(77)5-2)26-41(28-42)34-87-36-43(57(81)67-48(56(64)80)32-54(78)79)31-51(75)47(29-39-13-9-7-10-14-39)66-58(82)46(18-19-52(63)76)65-60(84)55(38(3)73)68-59(83)49-16-11-20-71(49)62(86)50-17-12-21-72(50)61(44)85/h7,9-10,13-14,26-28,38,43-44,46-50,55,73H,4-6,8,11-12,15-25,29-37H2,1-3H3,(H2,63,76)(H2,64,80)(H,65,84)(H,66,82)(H,67,81)(H,68,83)(H,78,79)/t38-,43+,44+,46+,47+,48+,49+,50+,55+/m1/s1. The van der Waals surface area contributed by atoms with E-state index in [4.69, 9.17) is 11.5 Å². The summed E-state index contributed by atoms with van der Waals surface area (Å²) in [5.41, 5.74) is 14.3. The minimum Gasteiger partial charge on any atom is -0.481 e. The van der Waals surface area contributed by atoms with Crippen LogP contribution in [0.5, 0.6) is 0 Å². The minimum absolute atomic E-state index is 0.0370. The van der Waals surface area contributed by atoms with Crippen LogP contribution in [0.25, 0.3) is 0 Å². The number of fused-ring (bicyclic) bond motifs is 4. The van der Waals surface area contributed by atoms with Gasteiger partial charge in [-0.05, 0) is 74.1 Å². The Bertz CT molecular complexity index is 2820. The van der Waals surface area contributed by atoms with Crippen LogP contribution in [-0.4, -0.2) is 194 Å². The first-order valence-corrected chi connectivity index (χ1v) is 33.0. The number of aliphatic carboxylic acids is 1. The zero-order chi connectivity index (χ0) is 64.0. The number of carboxylic acids is 1. The fraction of sp³-hybridized carbons (Fsp3) is 0.613. The minimum atomic E-state index is -1.71. The number of nitrogens with one attached hydrogen (secondary N) is 4. The fourth-order valence-corrected chi connectivity index (χ4v) is 13.8. The Morgan fingerprint density at radius 3 is 1.98 bits per heavy atom. The quantitative estimate of drug-likeness (QED) is 0.0875. The van der Waals surface area contributed by atoms with E-state index in [0.29, 0.717) is 82.6 Å². The molecule has 10 N–H and O–H groups in total. The number of hydrogen-bond acceptors (Lipinski definition) is 16. The summed E-state index contributed by atoms with van der Waals surface area (Å²) >= 11 is 2.75. The van der Waals surface area contributed by atoms with Gasteiger partial charge in [-0.1, -0.05) is 75.2 Å². The van der Waals surface area contributed by atoms with Crippen molar-refractivity contribution < 1.29 is 67.7 Å². The predicted octanol–water partition coefficient (Wildman–Crippen LogP) is 1.72. The molecule has 3 saturated heterocycles. The number of rotatable bonds is 20. The molecule has 0 saturated carbocycles. The number of hydrogen-bond donors (Lipinski definition) is 8. The molecule has 0 unspecified atom stereocenters. The number of aliphatic hydroxyl groups excluding tert-OH is 1. The first-order chi connectivity index (χ1) is 42.0. The number of unbranched alkanes of at least 4 members (excludes halogenated alkanes) is 2. The van der Waals surface area contributed by atoms with E-state index in [1.807, 2.05) is 30.9 Å². The van der Waals surface area contributed by atoms with Crippen molar-refractivity contribution >= 4 is 94.2 Å². The van der Waals surface area contributed by atoms with Crippen LogP contribution < -0.4 is 32.7 Å². The zero-order valence-corrected chi connectivity index (χ0v) is 52.4. The lowest BCUT2D eigenvalue weighted by Crippen LogP contribution is -2.61. The van der Waals surface area contributed by atoms with Crippen LogP contribution in [0.2, 0.25) is 0 Å². The Morgan fingerprint density at radius 1 is 0.727 bits per heavy atom. The van der Waals surface area contributed by atoms with Crippen LogP contribution in [0.3, 0.4) is 0 Å². The molecule has 0 aliphatic carbocycles. The second-order valence-electron chi connectivity index (χ2n) is 23.4. The summed E-state index contributed by atoms with van der Waals surface area (Å²) in [5, 5.41) is 30.9. The average molecular weight is 1260 g/mol. The van der Waals surface area contributed by atoms with Gasteiger partial charge in [-0.3, -0.25) is 62.4 Å². The smallest absolute Gasteiger partial charge is 0.305 e. The Labute approximate surface area is 522 Å². The van der Waals surface area contributed by atoms with Gasteiger partial charge in [-0.2, -0.15) is 23.5 Å². The Morgan fingerprint density at radius 2 is 1.36 bits per heavy atom. The maximum Gasteiger partial charge on any atom is 0.305 e. The van der Waals surface area contributed by atoms with Gasteiger partial charge >= 0.3 is 5.97 Å². The molecule has 4 aliphatic heterocycles. The molecular formula is C62H88N10O14S2. The van der Waals surface area contributed by atoms with Crippen molar-refractivity contribution in [2.45, 2.75) is 177 Å². The van der Waals surface area contributed by atoms with Crippen LogP contribution in [0.1, 0.15) is 133 Å². The van der Waals surface area contributed by atoms with E-state index in [9.17, 15) is 67.7 Å². The van der Waals surface area contributed by atoms with Crippen LogP contribution in [0, 0.1) is 11.8 Å². The summed E-state index contributed by atoms with van der Waals surface area (Å²) < 4.78 is 0. The van der Waals surface area contributed by atoms with Gasteiger partial charge in [0.15, 0.2) is 5.78 Å². The Balaban J connectivity index is 1.41. The number of primary amides is 2. The van der Waals surface area contributed by atoms with Crippen molar-refractivity contribution in [1.82, 2.24) is 40.9 Å². The lowest BCUT2D eigenvalue weighted by Gasteiger charge is -2.34. The highest BCUT2D eigenvalue weighted by molar-refractivity contribution is 7.98. The van der Waals surface area contributed by atoms with Crippen LogP contribution in [-0.2, 0) is 82.0 Å². The van der Waals surface area contributed by atoms with Gasteiger partial charge < -0.3 is 57.6 Å². The number of nitrogens with zero attached hydrogens (tertiary/aromatic N) is 4. The Hall–Kier alpha value is -6.90. The second-order valence-corrected chi connectivity index (χ2v) is 25.5. The molecule has 0 spiro atoms. The van der Waals surface area contributed by atoms with E-state index < -0.39 is 133 Å². The monoisotopic (exact) mass is 1260 g/mol. The largest absolute Gasteiger partial charge is 0.481 e. The van der Waals surface area contributed by atoms with E-state index in [2.05, 4.69) is 32.2 Å². The number of carbonyl (C=O) groups excluding carboxylic acids is 11. The molecular weight excluding hydrogens is 1170 g/mol. The lowest BCUT2D eigenvalue weighted by atomic mass is 9.94. The predicted molar refractivity (Wildman–Crippen MR) is 330 cm³/mol. The van der Waals surface area contributed by atoms with Gasteiger partial charge in [0.1, 0.15) is 36.0 Å². The topological polar surface area (TPSA) is 358 Å². The third-order valence-corrected chi connectivity index (χ3v) is 18.8. The summed E-state index contributed by atoms with van der Waals surface area (Å²) in [6, 6.07) is 6.26. The molecule has 88 heavy (non-hydrogen) atoms. The number of aliphatic hydroxyl groups is 1. The highest BCUT2D eigenvalue weighted by Gasteiger charge is 2.45. The molecule has 2 aromatic carbocycles. The van der Waals surface area contributed by atoms with E-state index in [-0.39, 0.29) is 67.2 Å². The number of carboxylic acid groups (broad SMARTS) is 1. The molecule has 0 radical (unpaired) electrons. The SMILES string of the molecule is CCCCCC(=O)C[C@H]1CSCc2cc(cc(CN3CCN(C(=O)CC)CC3)c2)CSC[C@@H](C(=O)N[C@@H](CC(=O)O)C(N)=O)CC(=O)[C@H](Cc2ccccc2)NC(=O)[C@H](CCC(N)=O)NC(=O)[C@H]([C@@H](C)O)NC(=O)[C@@H]2CCCN2C(=O)[C@@H]2CCCN2C1=O. The molecule has 482 valence electrons. The van der Waals surface area contributed by atoms with Crippen molar-refractivity contribution in [2.24, 2.45) is 23.3 Å².